The van der Waals surface area contributed by atoms with Gasteiger partial charge in [0.1, 0.15) is 5.78 Å². The number of rotatable bonds is 5. The van der Waals surface area contributed by atoms with Crippen LogP contribution in [0.15, 0.2) is 0 Å². The molecule has 1 fully saturated rings. The van der Waals surface area contributed by atoms with E-state index in [0.29, 0.717) is 23.2 Å². The molecule has 0 aromatic heterocycles. The van der Waals surface area contributed by atoms with Crippen LogP contribution in [-0.2, 0) is 4.79 Å². The van der Waals surface area contributed by atoms with Gasteiger partial charge in [0.15, 0.2) is 0 Å². The van der Waals surface area contributed by atoms with Crippen molar-refractivity contribution in [2.45, 2.75) is 73.3 Å². The molecule has 3 unspecified atom stereocenters. The van der Waals surface area contributed by atoms with Crippen LogP contribution in [0.25, 0.3) is 0 Å². The summed E-state index contributed by atoms with van der Waals surface area (Å²) in [4.78, 5) is 14.7. The summed E-state index contributed by atoms with van der Waals surface area (Å²) in [5.74, 6) is 1.47. The van der Waals surface area contributed by atoms with E-state index >= 15 is 0 Å². The average Bonchev–Trinajstić information content (AvgIpc) is 2.35. The monoisotopic (exact) mass is 267 g/mol. The van der Waals surface area contributed by atoms with Gasteiger partial charge in [-0.2, -0.15) is 0 Å². The first-order chi connectivity index (χ1) is 8.79. The molecule has 0 spiro atoms. The minimum absolute atomic E-state index is 0.270. The summed E-state index contributed by atoms with van der Waals surface area (Å²) in [5, 5.41) is 0. The molecule has 2 nitrogen and oxygen atoms in total. The van der Waals surface area contributed by atoms with E-state index in [0.717, 1.165) is 38.8 Å². The number of carbonyl (C=O) groups is 1. The van der Waals surface area contributed by atoms with Gasteiger partial charge < -0.3 is 4.90 Å². The average molecular weight is 267 g/mol. The quantitative estimate of drug-likeness (QED) is 0.746. The van der Waals surface area contributed by atoms with Crippen LogP contribution in [0.2, 0.25) is 0 Å². The van der Waals surface area contributed by atoms with Crippen LogP contribution in [0.3, 0.4) is 0 Å². The number of hydrogen-bond acceptors (Lipinski definition) is 2. The fraction of sp³-hybridized carbons (Fsp3) is 0.941. The number of ketones is 1. The Kier molecular flexibility index (Phi) is 6.04. The zero-order chi connectivity index (χ0) is 14.6. The molecule has 2 heteroatoms. The molecule has 112 valence electrons. The molecule has 1 rings (SSSR count). The first-order valence-corrected chi connectivity index (χ1v) is 8.06. The SMILES string of the molecule is CCC(C)N(CC)CC1CC(C(C)(C)C)CCC1=O. The summed E-state index contributed by atoms with van der Waals surface area (Å²) in [5.41, 5.74) is 0.340. The molecule has 0 heterocycles. The topological polar surface area (TPSA) is 20.3 Å². The van der Waals surface area contributed by atoms with Crippen molar-refractivity contribution in [2.24, 2.45) is 17.3 Å². The minimum atomic E-state index is 0.270. The lowest BCUT2D eigenvalue weighted by Gasteiger charge is -2.39. The minimum Gasteiger partial charge on any atom is -0.300 e. The summed E-state index contributed by atoms with van der Waals surface area (Å²) >= 11 is 0. The summed E-state index contributed by atoms with van der Waals surface area (Å²) in [6, 6.07) is 0.591. The van der Waals surface area contributed by atoms with E-state index in [1.807, 2.05) is 0 Å². The van der Waals surface area contributed by atoms with Gasteiger partial charge in [0, 0.05) is 24.9 Å². The summed E-state index contributed by atoms with van der Waals surface area (Å²) in [6.07, 6.45) is 4.14. The molecule has 0 bridgehead atoms. The van der Waals surface area contributed by atoms with Crippen molar-refractivity contribution in [1.29, 1.82) is 0 Å². The highest BCUT2D eigenvalue weighted by molar-refractivity contribution is 5.82. The standard InChI is InChI=1S/C17H33NO/c1-7-13(3)18(8-2)12-14-11-15(17(4,5)6)9-10-16(14)19/h13-15H,7-12H2,1-6H3. The highest BCUT2D eigenvalue weighted by Gasteiger charge is 2.35. The van der Waals surface area contributed by atoms with Gasteiger partial charge in [0.25, 0.3) is 0 Å². The van der Waals surface area contributed by atoms with Crippen LogP contribution in [0, 0.1) is 17.3 Å². The molecule has 1 saturated carbocycles. The largest absolute Gasteiger partial charge is 0.300 e. The molecule has 0 N–H and O–H groups in total. The zero-order valence-electron chi connectivity index (χ0n) is 13.8. The molecule has 0 aromatic carbocycles. The molecule has 0 saturated heterocycles. The Bertz CT molecular complexity index is 292. The molecule has 1 aliphatic carbocycles. The molecule has 19 heavy (non-hydrogen) atoms. The Morgan fingerprint density at radius 1 is 1.32 bits per heavy atom. The highest BCUT2D eigenvalue weighted by atomic mass is 16.1. The van der Waals surface area contributed by atoms with Crippen LogP contribution in [0.1, 0.15) is 67.2 Å². The second-order valence-electron chi connectivity index (χ2n) is 7.35. The summed E-state index contributed by atoms with van der Waals surface area (Å²) < 4.78 is 0. The molecule has 3 atom stereocenters. The van der Waals surface area contributed by atoms with E-state index in [-0.39, 0.29) is 5.92 Å². The van der Waals surface area contributed by atoms with Gasteiger partial charge in [0.05, 0.1) is 0 Å². The lowest BCUT2D eigenvalue weighted by atomic mass is 9.68. The van der Waals surface area contributed by atoms with Gasteiger partial charge in [-0.05, 0) is 44.1 Å². The van der Waals surface area contributed by atoms with E-state index in [1.54, 1.807) is 0 Å². The number of Topliss-reactive ketones (excluding diaryl/α,β-unsaturated/α-hetero) is 1. The Morgan fingerprint density at radius 3 is 2.42 bits per heavy atom. The second kappa shape index (κ2) is 6.88. The lowest BCUT2D eigenvalue weighted by Crippen LogP contribution is -2.42. The molecule has 1 aliphatic rings. The van der Waals surface area contributed by atoms with Gasteiger partial charge in [-0.15, -0.1) is 0 Å². The molecule has 0 aliphatic heterocycles. The first-order valence-electron chi connectivity index (χ1n) is 8.06. The van der Waals surface area contributed by atoms with Crippen molar-refractivity contribution in [3.05, 3.63) is 0 Å². The van der Waals surface area contributed by atoms with Crippen LogP contribution >= 0.6 is 0 Å². The van der Waals surface area contributed by atoms with Crippen LogP contribution < -0.4 is 0 Å². The second-order valence-corrected chi connectivity index (χ2v) is 7.35. The van der Waals surface area contributed by atoms with E-state index in [2.05, 4.69) is 46.4 Å². The van der Waals surface area contributed by atoms with E-state index in [4.69, 9.17) is 0 Å². The van der Waals surface area contributed by atoms with Gasteiger partial charge in [-0.3, -0.25) is 4.79 Å². The summed E-state index contributed by atoms with van der Waals surface area (Å²) in [7, 11) is 0. The molecule has 0 aromatic rings. The summed E-state index contributed by atoms with van der Waals surface area (Å²) in [6.45, 7) is 15.7. The maximum Gasteiger partial charge on any atom is 0.137 e. The fourth-order valence-corrected chi connectivity index (χ4v) is 3.24. The Labute approximate surface area is 119 Å². The molecular weight excluding hydrogens is 234 g/mol. The Morgan fingerprint density at radius 2 is 1.95 bits per heavy atom. The van der Waals surface area contributed by atoms with Crippen molar-refractivity contribution in [3.8, 4) is 0 Å². The van der Waals surface area contributed by atoms with Gasteiger partial charge >= 0.3 is 0 Å². The maximum atomic E-state index is 12.2. The molecule has 0 radical (unpaired) electrons. The predicted octanol–water partition coefficient (Wildman–Crippen LogP) is 4.14. The third-order valence-corrected chi connectivity index (χ3v) is 5.06. The lowest BCUT2D eigenvalue weighted by molar-refractivity contribution is -0.127. The van der Waals surface area contributed by atoms with Crippen LogP contribution in [0.5, 0.6) is 0 Å². The maximum absolute atomic E-state index is 12.2. The smallest absolute Gasteiger partial charge is 0.137 e. The predicted molar refractivity (Wildman–Crippen MR) is 82.3 cm³/mol. The Hall–Kier alpha value is -0.370. The zero-order valence-corrected chi connectivity index (χ0v) is 13.8. The van der Waals surface area contributed by atoms with Crippen molar-refractivity contribution in [3.63, 3.8) is 0 Å². The first kappa shape index (κ1) is 16.7. The fourth-order valence-electron chi connectivity index (χ4n) is 3.24. The van der Waals surface area contributed by atoms with Crippen molar-refractivity contribution < 1.29 is 4.79 Å². The number of hydrogen-bond donors (Lipinski definition) is 0. The van der Waals surface area contributed by atoms with E-state index in [1.165, 1.54) is 0 Å². The number of nitrogens with zero attached hydrogens (tertiary/aromatic N) is 1. The Balaban J connectivity index is 2.66. The van der Waals surface area contributed by atoms with Crippen molar-refractivity contribution >= 4 is 5.78 Å². The van der Waals surface area contributed by atoms with Crippen LogP contribution in [-0.4, -0.2) is 29.8 Å². The van der Waals surface area contributed by atoms with E-state index < -0.39 is 0 Å². The van der Waals surface area contributed by atoms with Gasteiger partial charge in [0.2, 0.25) is 0 Å². The normalized spacial score (nSPS) is 26.8. The molecule has 0 amide bonds. The number of carbonyl (C=O) groups excluding carboxylic acids is 1. The molecular formula is C17H33NO. The van der Waals surface area contributed by atoms with Crippen LogP contribution in [0.4, 0.5) is 0 Å². The van der Waals surface area contributed by atoms with Crippen molar-refractivity contribution in [1.82, 2.24) is 4.90 Å². The van der Waals surface area contributed by atoms with Gasteiger partial charge in [-0.25, -0.2) is 0 Å². The highest BCUT2D eigenvalue weighted by Crippen LogP contribution is 2.39. The third-order valence-electron chi connectivity index (χ3n) is 5.06. The van der Waals surface area contributed by atoms with Gasteiger partial charge in [-0.1, -0.05) is 34.6 Å². The van der Waals surface area contributed by atoms with Crippen molar-refractivity contribution in [2.75, 3.05) is 13.1 Å². The van der Waals surface area contributed by atoms with E-state index in [9.17, 15) is 4.79 Å². The third kappa shape index (κ3) is 4.59.